The number of benzene rings is 2. The number of carbonyl (C=O) groups is 1. The largest absolute Gasteiger partial charge is 0.416 e. The minimum atomic E-state index is -4.49. The van der Waals surface area contributed by atoms with E-state index in [2.05, 4.69) is 10.1 Å². The highest BCUT2D eigenvalue weighted by Crippen LogP contribution is 2.31. The molecule has 0 unspecified atom stereocenters. The van der Waals surface area contributed by atoms with E-state index in [0.717, 1.165) is 12.1 Å². The van der Waals surface area contributed by atoms with Gasteiger partial charge in [0.05, 0.1) is 24.0 Å². The Bertz CT molecular complexity index is 1050. The predicted octanol–water partition coefficient (Wildman–Crippen LogP) is 3.81. The second kappa shape index (κ2) is 7.91. The van der Waals surface area contributed by atoms with Crippen LogP contribution in [0.4, 0.5) is 13.2 Å². The van der Waals surface area contributed by atoms with Crippen molar-refractivity contribution in [2.24, 2.45) is 0 Å². The van der Waals surface area contributed by atoms with Gasteiger partial charge in [0.1, 0.15) is 0 Å². The predicted molar refractivity (Wildman–Crippen MR) is 103 cm³/mol. The van der Waals surface area contributed by atoms with Gasteiger partial charge in [-0.25, -0.2) is 9.67 Å². The van der Waals surface area contributed by atoms with E-state index in [1.54, 1.807) is 29.2 Å². The van der Waals surface area contributed by atoms with Crippen LogP contribution in [0.5, 0.6) is 0 Å². The minimum Gasteiger partial charge on any atom is -0.375 e. The summed E-state index contributed by atoms with van der Waals surface area (Å²) in [6.07, 6.45) is -4.60. The zero-order chi connectivity index (χ0) is 21.3. The third kappa shape index (κ3) is 4.06. The van der Waals surface area contributed by atoms with Crippen LogP contribution in [-0.2, 0) is 10.9 Å². The molecule has 2 aromatic carbocycles. The van der Waals surface area contributed by atoms with Crippen LogP contribution in [0.25, 0.3) is 17.1 Å². The molecule has 1 atom stereocenters. The number of nitrogens with zero attached hydrogens (tertiary/aromatic N) is 4. The summed E-state index contributed by atoms with van der Waals surface area (Å²) >= 11 is 0. The van der Waals surface area contributed by atoms with E-state index in [9.17, 15) is 18.0 Å². The van der Waals surface area contributed by atoms with Crippen molar-refractivity contribution in [1.29, 1.82) is 0 Å². The Labute approximate surface area is 170 Å². The molecule has 1 aliphatic heterocycles. The average molecular weight is 416 g/mol. The normalized spacial score (nSPS) is 17.2. The Morgan fingerprint density at radius 1 is 1.13 bits per heavy atom. The number of aromatic nitrogens is 3. The molecule has 0 radical (unpaired) electrons. The second-order valence-corrected chi connectivity index (χ2v) is 7.02. The van der Waals surface area contributed by atoms with Crippen LogP contribution in [-0.4, -0.2) is 51.4 Å². The molecule has 0 saturated carbocycles. The number of morpholine rings is 1. The van der Waals surface area contributed by atoms with Crippen molar-refractivity contribution in [3.05, 3.63) is 66.0 Å². The van der Waals surface area contributed by atoms with Gasteiger partial charge in [-0.15, -0.1) is 5.10 Å². The molecule has 0 bridgehead atoms. The molecule has 0 spiro atoms. The first-order chi connectivity index (χ1) is 14.3. The lowest BCUT2D eigenvalue weighted by Crippen LogP contribution is -2.44. The Hall–Kier alpha value is -3.20. The highest BCUT2D eigenvalue weighted by atomic mass is 19.4. The molecule has 9 heteroatoms. The first-order valence-corrected chi connectivity index (χ1v) is 9.44. The molecule has 1 aromatic heterocycles. The van der Waals surface area contributed by atoms with Crippen LogP contribution in [0.15, 0.2) is 54.6 Å². The van der Waals surface area contributed by atoms with Crippen molar-refractivity contribution in [2.75, 3.05) is 19.7 Å². The molecule has 30 heavy (non-hydrogen) atoms. The van der Waals surface area contributed by atoms with Gasteiger partial charge in [-0.05, 0) is 25.1 Å². The monoisotopic (exact) mass is 416 g/mol. The zero-order valence-electron chi connectivity index (χ0n) is 16.1. The third-order valence-corrected chi connectivity index (χ3v) is 4.78. The number of halogens is 3. The van der Waals surface area contributed by atoms with Gasteiger partial charge in [0.2, 0.25) is 5.82 Å². The molecule has 1 saturated heterocycles. The van der Waals surface area contributed by atoms with Crippen molar-refractivity contribution in [3.8, 4) is 17.1 Å². The van der Waals surface area contributed by atoms with Gasteiger partial charge in [0.25, 0.3) is 5.91 Å². The fourth-order valence-electron chi connectivity index (χ4n) is 3.32. The van der Waals surface area contributed by atoms with Gasteiger partial charge < -0.3 is 9.64 Å². The number of rotatable bonds is 3. The average Bonchev–Trinajstić information content (AvgIpc) is 3.19. The number of hydrogen-bond acceptors (Lipinski definition) is 4. The van der Waals surface area contributed by atoms with Gasteiger partial charge in [-0.2, -0.15) is 13.2 Å². The fourth-order valence-corrected chi connectivity index (χ4v) is 3.32. The number of ether oxygens (including phenoxy) is 1. The van der Waals surface area contributed by atoms with Crippen molar-refractivity contribution in [1.82, 2.24) is 19.7 Å². The molecule has 156 valence electrons. The summed E-state index contributed by atoms with van der Waals surface area (Å²) in [6.45, 7) is 3.08. The molecule has 1 fully saturated rings. The van der Waals surface area contributed by atoms with Crippen LogP contribution in [0, 0.1) is 0 Å². The minimum absolute atomic E-state index is 0.0691. The molecule has 6 nitrogen and oxygen atoms in total. The number of hydrogen-bond donors (Lipinski definition) is 0. The Balaban J connectivity index is 1.79. The maximum Gasteiger partial charge on any atom is 0.416 e. The van der Waals surface area contributed by atoms with E-state index in [4.69, 9.17) is 4.74 Å². The first-order valence-electron chi connectivity index (χ1n) is 9.44. The van der Waals surface area contributed by atoms with Gasteiger partial charge in [-0.1, -0.05) is 36.4 Å². The van der Waals surface area contributed by atoms with Crippen molar-refractivity contribution < 1.29 is 22.7 Å². The SMILES string of the molecule is C[C@H]1CN(C(=O)c2nc(-c3ccccc3)n(-c3cccc(C(F)(F)F)c3)n2)CCO1. The summed E-state index contributed by atoms with van der Waals surface area (Å²) in [5.74, 6) is -0.159. The van der Waals surface area contributed by atoms with Crippen molar-refractivity contribution in [3.63, 3.8) is 0 Å². The smallest absolute Gasteiger partial charge is 0.375 e. The Kier molecular flexibility index (Phi) is 5.29. The summed E-state index contributed by atoms with van der Waals surface area (Å²) < 4.78 is 46.3. The summed E-state index contributed by atoms with van der Waals surface area (Å²) in [7, 11) is 0. The second-order valence-electron chi connectivity index (χ2n) is 7.02. The lowest BCUT2D eigenvalue weighted by atomic mass is 10.2. The standard InChI is InChI=1S/C21H19F3N4O2/c1-14-13-27(10-11-30-14)20(29)18-25-19(15-6-3-2-4-7-15)28(26-18)17-9-5-8-16(12-17)21(22,23)24/h2-9,12,14H,10-11,13H2,1H3/t14-/m0/s1. The molecule has 3 aromatic rings. The fraction of sp³-hybridized carbons (Fsp3) is 0.286. The summed E-state index contributed by atoms with van der Waals surface area (Å²) in [5, 5.41) is 4.29. The molecule has 0 N–H and O–H groups in total. The first kappa shape index (κ1) is 20.1. The van der Waals surface area contributed by atoms with Gasteiger partial charge in [0.15, 0.2) is 5.82 Å². The lowest BCUT2D eigenvalue weighted by Gasteiger charge is -2.30. The van der Waals surface area contributed by atoms with Gasteiger partial charge in [0, 0.05) is 18.7 Å². The third-order valence-electron chi connectivity index (χ3n) is 4.78. The zero-order valence-corrected chi connectivity index (χ0v) is 16.1. The maximum absolute atomic E-state index is 13.2. The van der Waals surface area contributed by atoms with Crippen molar-refractivity contribution >= 4 is 5.91 Å². The number of alkyl halides is 3. The molecule has 2 heterocycles. The van der Waals surface area contributed by atoms with Crippen LogP contribution in [0.1, 0.15) is 23.1 Å². The molecule has 0 aliphatic carbocycles. The van der Waals surface area contributed by atoms with Crippen LogP contribution in [0.2, 0.25) is 0 Å². The van der Waals surface area contributed by atoms with E-state index in [1.807, 2.05) is 13.0 Å². The van der Waals surface area contributed by atoms with E-state index >= 15 is 0 Å². The van der Waals surface area contributed by atoms with Crippen LogP contribution >= 0.6 is 0 Å². The topological polar surface area (TPSA) is 60.2 Å². The Morgan fingerprint density at radius 3 is 2.60 bits per heavy atom. The van der Waals surface area contributed by atoms with Gasteiger partial charge >= 0.3 is 6.18 Å². The maximum atomic E-state index is 13.2. The van der Waals surface area contributed by atoms with Gasteiger partial charge in [-0.3, -0.25) is 4.79 Å². The molecule has 1 aliphatic rings. The van der Waals surface area contributed by atoms with Crippen molar-refractivity contribution in [2.45, 2.75) is 19.2 Å². The van der Waals surface area contributed by atoms with E-state index in [-0.39, 0.29) is 23.5 Å². The van der Waals surface area contributed by atoms with E-state index in [1.165, 1.54) is 16.8 Å². The molecule has 1 amide bonds. The Morgan fingerprint density at radius 2 is 1.90 bits per heavy atom. The number of carbonyl (C=O) groups excluding carboxylic acids is 1. The van der Waals surface area contributed by atoms with Crippen LogP contribution in [0.3, 0.4) is 0 Å². The highest BCUT2D eigenvalue weighted by molar-refractivity contribution is 5.91. The summed E-state index contributed by atoms with van der Waals surface area (Å²) in [4.78, 5) is 18.9. The lowest BCUT2D eigenvalue weighted by molar-refractivity contribution is -0.137. The van der Waals surface area contributed by atoms with Crippen LogP contribution < -0.4 is 0 Å². The molecular weight excluding hydrogens is 397 g/mol. The quantitative estimate of drug-likeness (QED) is 0.652. The van der Waals surface area contributed by atoms with E-state index < -0.39 is 11.7 Å². The van der Waals surface area contributed by atoms with E-state index in [0.29, 0.717) is 31.1 Å². The molecular formula is C21H19F3N4O2. The summed E-state index contributed by atoms with van der Waals surface area (Å²) in [6, 6.07) is 13.7. The molecule has 4 rings (SSSR count). The summed E-state index contributed by atoms with van der Waals surface area (Å²) in [5.41, 5.74) is 0.00627. The highest BCUT2D eigenvalue weighted by Gasteiger charge is 2.31. The number of amides is 1.